The van der Waals surface area contributed by atoms with Crippen LogP contribution in [0.25, 0.3) is 16.7 Å². The lowest BCUT2D eigenvalue weighted by Crippen LogP contribution is -2.17. The summed E-state index contributed by atoms with van der Waals surface area (Å²) in [4.78, 5) is 12.3. The molecule has 0 atom stereocenters. The third-order valence-corrected chi connectivity index (χ3v) is 3.02. The van der Waals surface area contributed by atoms with E-state index in [1.807, 2.05) is 0 Å². The SMILES string of the molecule is N=Cc1cc(-n2ccc3occc3c2=O)ccc1N. The highest BCUT2D eigenvalue weighted by Crippen LogP contribution is 2.16. The van der Waals surface area contributed by atoms with E-state index in [0.717, 1.165) is 0 Å². The Bertz CT molecular complexity index is 830. The third-order valence-electron chi connectivity index (χ3n) is 3.02. The number of fused-ring (bicyclic) bond motifs is 1. The normalized spacial score (nSPS) is 10.7. The Morgan fingerprint density at radius 2 is 2.11 bits per heavy atom. The number of nitrogen functional groups attached to an aromatic ring is 1. The molecule has 0 saturated carbocycles. The number of furan rings is 1. The molecule has 0 aliphatic heterocycles. The van der Waals surface area contributed by atoms with Crippen LogP contribution in [0.1, 0.15) is 5.56 Å². The second-order valence-electron chi connectivity index (χ2n) is 4.15. The van der Waals surface area contributed by atoms with Gasteiger partial charge in [-0.1, -0.05) is 0 Å². The molecular weight excluding hydrogens is 242 g/mol. The molecule has 1 aromatic carbocycles. The van der Waals surface area contributed by atoms with Gasteiger partial charge in [0.05, 0.1) is 11.6 Å². The highest BCUT2D eigenvalue weighted by Gasteiger charge is 2.07. The summed E-state index contributed by atoms with van der Waals surface area (Å²) in [5.74, 6) is 0. The quantitative estimate of drug-likeness (QED) is 0.542. The second-order valence-corrected chi connectivity index (χ2v) is 4.15. The molecule has 0 saturated heterocycles. The maximum atomic E-state index is 12.3. The number of hydrogen-bond acceptors (Lipinski definition) is 4. The van der Waals surface area contributed by atoms with Gasteiger partial charge in [-0.25, -0.2) is 0 Å². The molecule has 0 radical (unpaired) electrons. The molecule has 0 aliphatic rings. The maximum Gasteiger partial charge on any atom is 0.266 e. The second kappa shape index (κ2) is 4.13. The van der Waals surface area contributed by atoms with Gasteiger partial charge in [0.25, 0.3) is 5.56 Å². The summed E-state index contributed by atoms with van der Waals surface area (Å²) in [5, 5.41) is 7.82. The molecule has 5 heteroatoms. The number of pyridine rings is 1. The topological polar surface area (TPSA) is 85.0 Å². The summed E-state index contributed by atoms with van der Waals surface area (Å²) in [5.41, 5.74) is 7.89. The minimum atomic E-state index is -0.160. The first-order valence-corrected chi connectivity index (χ1v) is 5.70. The van der Waals surface area contributed by atoms with Gasteiger partial charge >= 0.3 is 0 Å². The van der Waals surface area contributed by atoms with Gasteiger partial charge in [0.1, 0.15) is 5.58 Å². The molecule has 0 fully saturated rings. The van der Waals surface area contributed by atoms with Gasteiger partial charge in [-0.15, -0.1) is 0 Å². The monoisotopic (exact) mass is 253 g/mol. The molecule has 2 aromatic heterocycles. The highest BCUT2D eigenvalue weighted by molar-refractivity contribution is 5.86. The molecular formula is C14H11N3O2. The van der Waals surface area contributed by atoms with Crippen LogP contribution in [0.4, 0.5) is 5.69 Å². The summed E-state index contributed by atoms with van der Waals surface area (Å²) in [7, 11) is 0. The Labute approximate surface area is 108 Å². The lowest BCUT2D eigenvalue weighted by atomic mass is 10.1. The highest BCUT2D eigenvalue weighted by atomic mass is 16.3. The van der Waals surface area contributed by atoms with Crippen LogP contribution in [0.2, 0.25) is 0 Å². The van der Waals surface area contributed by atoms with Gasteiger partial charge in [-0.3, -0.25) is 9.36 Å². The molecule has 3 N–H and O–H groups in total. The van der Waals surface area contributed by atoms with Crippen molar-refractivity contribution in [2.24, 2.45) is 0 Å². The van der Waals surface area contributed by atoms with Crippen LogP contribution in [-0.4, -0.2) is 10.8 Å². The third kappa shape index (κ3) is 1.72. The van der Waals surface area contributed by atoms with Crippen molar-refractivity contribution in [2.45, 2.75) is 0 Å². The molecule has 94 valence electrons. The number of nitrogens with one attached hydrogen (secondary N) is 1. The van der Waals surface area contributed by atoms with E-state index in [2.05, 4.69) is 0 Å². The summed E-state index contributed by atoms with van der Waals surface area (Å²) in [6.07, 6.45) is 4.30. The van der Waals surface area contributed by atoms with Crippen molar-refractivity contribution in [3.8, 4) is 5.69 Å². The first-order chi connectivity index (χ1) is 9.20. The zero-order chi connectivity index (χ0) is 13.4. The van der Waals surface area contributed by atoms with Gasteiger partial charge in [0.2, 0.25) is 0 Å². The van der Waals surface area contributed by atoms with E-state index < -0.39 is 0 Å². The Hall–Kier alpha value is -2.82. The number of hydrogen-bond donors (Lipinski definition) is 2. The first kappa shape index (κ1) is 11.3. The molecule has 3 aromatic rings. The lowest BCUT2D eigenvalue weighted by Gasteiger charge is -2.08. The number of anilines is 1. The van der Waals surface area contributed by atoms with Crippen molar-refractivity contribution < 1.29 is 4.42 Å². The van der Waals surface area contributed by atoms with Crippen LogP contribution < -0.4 is 11.3 Å². The van der Waals surface area contributed by atoms with Gasteiger partial charge in [-0.2, -0.15) is 0 Å². The molecule has 0 spiro atoms. The predicted octanol–water partition coefficient (Wildman–Crippen LogP) is 2.16. The van der Waals surface area contributed by atoms with Gasteiger partial charge in [0.15, 0.2) is 0 Å². The molecule has 0 amide bonds. The summed E-state index contributed by atoms with van der Waals surface area (Å²) < 4.78 is 6.69. The Balaban J connectivity index is 2.27. The molecule has 3 rings (SSSR count). The zero-order valence-corrected chi connectivity index (χ0v) is 9.96. The van der Waals surface area contributed by atoms with Crippen LogP contribution in [0.15, 0.2) is 52.0 Å². The standard InChI is InChI=1S/C14H11N3O2/c15-8-9-7-10(1-2-12(9)16)17-5-3-13-11(14(17)18)4-6-19-13/h1-8,15H,16H2. The van der Waals surface area contributed by atoms with E-state index >= 15 is 0 Å². The molecule has 0 unspecified atom stereocenters. The molecule has 19 heavy (non-hydrogen) atoms. The van der Waals surface area contributed by atoms with E-state index in [1.165, 1.54) is 17.0 Å². The minimum absolute atomic E-state index is 0.160. The minimum Gasteiger partial charge on any atom is -0.464 e. The average Bonchev–Trinajstić information content (AvgIpc) is 2.89. The number of aromatic nitrogens is 1. The van der Waals surface area contributed by atoms with Crippen molar-refractivity contribution in [2.75, 3.05) is 5.73 Å². The van der Waals surface area contributed by atoms with Crippen molar-refractivity contribution >= 4 is 22.9 Å². The van der Waals surface area contributed by atoms with Crippen LogP contribution in [-0.2, 0) is 0 Å². The van der Waals surface area contributed by atoms with Crippen LogP contribution in [0, 0.1) is 5.41 Å². The first-order valence-electron chi connectivity index (χ1n) is 5.70. The van der Waals surface area contributed by atoms with Crippen molar-refractivity contribution in [3.63, 3.8) is 0 Å². The fraction of sp³-hybridized carbons (Fsp3) is 0. The Morgan fingerprint density at radius 1 is 1.26 bits per heavy atom. The maximum absolute atomic E-state index is 12.3. The summed E-state index contributed by atoms with van der Waals surface area (Å²) in [6, 6.07) is 8.51. The van der Waals surface area contributed by atoms with Crippen LogP contribution >= 0.6 is 0 Å². The number of benzene rings is 1. The average molecular weight is 253 g/mol. The Kier molecular flexibility index (Phi) is 2.45. The Morgan fingerprint density at radius 3 is 2.89 bits per heavy atom. The smallest absolute Gasteiger partial charge is 0.266 e. The van der Waals surface area contributed by atoms with Crippen molar-refractivity contribution in [1.82, 2.24) is 4.57 Å². The molecule has 2 heterocycles. The van der Waals surface area contributed by atoms with Gasteiger partial charge in [0, 0.05) is 29.3 Å². The van der Waals surface area contributed by atoms with Crippen LogP contribution in [0.5, 0.6) is 0 Å². The zero-order valence-electron chi connectivity index (χ0n) is 9.96. The predicted molar refractivity (Wildman–Crippen MR) is 74.1 cm³/mol. The fourth-order valence-corrected chi connectivity index (χ4v) is 2.01. The largest absolute Gasteiger partial charge is 0.464 e. The van der Waals surface area contributed by atoms with E-state index in [4.69, 9.17) is 15.6 Å². The van der Waals surface area contributed by atoms with E-state index in [9.17, 15) is 4.79 Å². The summed E-state index contributed by atoms with van der Waals surface area (Å²) in [6.45, 7) is 0. The van der Waals surface area contributed by atoms with E-state index in [1.54, 1.807) is 36.5 Å². The van der Waals surface area contributed by atoms with Crippen LogP contribution in [0.3, 0.4) is 0 Å². The number of nitrogens with zero attached hydrogens (tertiary/aromatic N) is 1. The fourth-order valence-electron chi connectivity index (χ4n) is 2.01. The van der Waals surface area contributed by atoms with Gasteiger partial charge in [-0.05, 0) is 30.3 Å². The number of rotatable bonds is 2. The van der Waals surface area contributed by atoms with E-state index in [0.29, 0.717) is 27.9 Å². The molecule has 0 bridgehead atoms. The lowest BCUT2D eigenvalue weighted by molar-refractivity contribution is 0.615. The van der Waals surface area contributed by atoms with E-state index in [-0.39, 0.29) is 5.56 Å². The molecule has 5 nitrogen and oxygen atoms in total. The van der Waals surface area contributed by atoms with Gasteiger partial charge < -0.3 is 15.6 Å². The summed E-state index contributed by atoms with van der Waals surface area (Å²) >= 11 is 0. The van der Waals surface area contributed by atoms with Crippen molar-refractivity contribution in [3.05, 3.63) is 58.7 Å². The molecule has 0 aliphatic carbocycles. The van der Waals surface area contributed by atoms with Crippen molar-refractivity contribution in [1.29, 1.82) is 5.41 Å². The number of nitrogens with two attached hydrogens (primary N) is 1.